The van der Waals surface area contributed by atoms with E-state index in [4.69, 9.17) is 5.11 Å². The number of amides is 1. The van der Waals surface area contributed by atoms with Crippen LogP contribution in [0.1, 0.15) is 54.4 Å². The molecule has 4 nitrogen and oxygen atoms in total. The number of aromatic carboxylic acids is 1. The molecule has 1 aromatic carbocycles. The van der Waals surface area contributed by atoms with Crippen LogP contribution in [0.5, 0.6) is 0 Å². The summed E-state index contributed by atoms with van der Waals surface area (Å²) in [5.41, 5.74) is 1.12. The van der Waals surface area contributed by atoms with Crippen molar-refractivity contribution >= 4 is 11.9 Å². The molecule has 0 spiro atoms. The fourth-order valence-electron chi connectivity index (χ4n) is 2.91. The predicted molar refractivity (Wildman–Crippen MR) is 81.4 cm³/mol. The molecule has 1 saturated carbocycles. The van der Waals surface area contributed by atoms with Gasteiger partial charge < -0.3 is 10.0 Å². The van der Waals surface area contributed by atoms with Gasteiger partial charge in [-0.05, 0) is 30.5 Å². The number of carbonyl (C=O) groups excluding carboxylic acids is 1. The molecule has 1 aliphatic rings. The zero-order valence-electron chi connectivity index (χ0n) is 12.5. The second-order valence-corrected chi connectivity index (χ2v) is 5.83. The van der Waals surface area contributed by atoms with E-state index < -0.39 is 5.97 Å². The third kappa shape index (κ3) is 4.31. The average Bonchev–Trinajstić information content (AvgIpc) is 2.76. The topological polar surface area (TPSA) is 57.6 Å². The number of rotatable bonds is 4. The van der Waals surface area contributed by atoms with E-state index in [9.17, 15) is 9.59 Å². The molecule has 1 N–H and O–H groups in total. The number of carbonyl (C=O) groups is 2. The first-order valence-corrected chi connectivity index (χ1v) is 7.66. The van der Waals surface area contributed by atoms with Gasteiger partial charge in [0.25, 0.3) is 0 Å². The molecule has 21 heavy (non-hydrogen) atoms. The summed E-state index contributed by atoms with van der Waals surface area (Å²) in [6.45, 7) is 0. The molecule has 1 aromatic rings. The Hall–Kier alpha value is -1.84. The summed E-state index contributed by atoms with van der Waals surface area (Å²) in [6, 6.07) is 6.91. The molecule has 0 aliphatic heterocycles. The first-order valence-electron chi connectivity index (χ1n) is 7.66. The quantitative estimate of drug-likeness (QED) is 0.866. The van der Waals surface area contributed by atoms with Gasteiger partial charge in [0.15, 0.2) is 0 Å². The summed E-state index contributed by atoms with van der Waals surface area (Å²) >= 11 is 0. The van der Waals surface area contributed by atoms with Crippen LogP contribution in [0.2, 0.25) is 0 Å². The maximum Gasteiger partial charge on any atom is 0.335 e. The van der Waals surface area contributed by atoms with Crippen molar-refractivity contribution in [1.82, 2.24) is 4.90 Å². The first-order chi connectivity index (χ1) is 10.1. The number of hydrogen-bond donors (Lipinski definition) is 1. The molecular formula is C17H23NO3. The molecular weight excluding hydrogens is 266 g/mol. The maximum absolute atomic E-state index is 12.4. The molecule has 0 unspecified atom stereocenters. The Balaban J connectivity index is 1.94. The molecule has 0 saturated heterocycles. The van der Waals surface area contributed by atoms with Gasteiger partial charge in [-0.15, -0.1) is 0 Å². The number of benzene rings is 1. The SMILES string of the molecule is CN(C(=O)Cc1ccc(C(=O)O)cc1)C1CCCCCC1. The Kier molecular flexibility index (Phi) is 5.37. The second-order valence-electron chi connectivity index (χ2n) is 5.83. The highest BCUT2D eigenvalue weighted by atomic mass is 16.4. The zero-order valence-corrected chi connectivity index (χ0v) is 12.5. The molecule has 0 bridgehead atoms. The highest BCUT2D eigenvalue weighted by Gasteiger charge is 2.21. The molecule has 0 heterocycles. The van der Waals surface area contributed by atoms with Crippen molar-refractivity contribution in [2.45, 2.75) is 51.0 Å². The average molecular weight is 289 g/mol. The number of likely N-dealkylation sites (N-methyl/N-ethyl adjacent to an activating group) is 1. The maximum atomic E-state index is 12.4. The fraction of sp³-hybridized carbons (Fsp3) is 0.529. The van der Waals surface area contributed by atoms with Gasteiger partial charge in [-0.25, -0.2) is 4.79 Å². The highest BCUT2D eigenvalue weighted by molar-refractivity contribution is 5.87. The summed E-state index contributed by atoms with van der Waals surface area (Å²) in [5.74, 6) is -0.826. The van der Waals surface area contributed by atoms with Crippen molar-refractivity contribution in [1.29, 1.82) is 0 Å². The van der Waals surface area contributed by atoms with Crippen molar-refractivity contribution in [3.8, 4) is 0 Å². The van der Waals surface area contributed by atoms with E-state index in [1.807, 2.05) is 11.9 Å². The van der Waals surface area contributed by atoms with E-state index in [1.54, 1.807) is 24.3 Å². The number of hydrogen-bond acceptors (Lipinski definition) is 2. The number of nitrogens with zero attached hydrogens (tertiary/aromatic N) is 1. The van der Waals surface area contributed by atoms with E-state index in [0.717, 1.165) is 18.4 Å². The molecule has 1 aliphatic carbocycles. The zero-order chi connectivity index (χ0) is 15.2. The van der Waals surface area contributed by atoms with Crippen molar-refractivity contribution in [3.05, 3.63) is 35.4 Å². The Labute approximate surface area is 125 Å². The summed E-state index contributed by atoms with van der Waals surface area (Å²) < 4.78 is 0. The summed E-state index contributed by atoms with van der Waals surface area (Å²) in [6.07, 6.45) is 7.49. The van der Waals surface area contributed by atoms with Crippen LogP contribution in [0.4, 0.5) is 0 Å². The molecule has 2 rings (SSSR count). The fourth-order valence-corrected chi connectivity index (χ4v) is 2.91. The van der Waals surface area contributed by atoms with E-state index in [0.29, 0.717) is 12.5 Å². The monoisotopic (exact) mass is 289 g/mol. The molecule has 114 valence electrons. The minimum atomic E-state index is -0.941. The van der Waals surface area contributed by atoms with Crippen LogP contribution in [0.15, 0.2) is 24.3 Å². The Morgan fingerprint density at radius 3 is 2.19 bits per heavy atom. The van der Waals surface area contributed by atoms with Crippen molar-refractivity contribution in [2.24, 2.45) is 0 Å². The van der Waals surface area contributed by atoms with E-state index in [-0.39, 0.29) is 11.5 Å². The summed E-state index contributed by atoms with van der Waals surface area (Å²) in [7, 11) is 1.89. The minimum Gasteiger partial charge on any atom is -0.478 e. The Morgan fingerprint density at radius 2 is 1.67 bits per heavy atom. The Bertz CT molecular complexity index is 487. The lowest BCUT2D eigenvalue weighted by molar-refractivity contribution is -0.131. The lowest BCUT2D eigenvalue weighted by Gasteiger charge is -2.27. The standard InChI is InChI=1S/C17H23NO3/c1-18(15-6-4-2-3-5-7-15)16(19)12-13-8-10-14(11-9-13)17(20)21/h8-11,15H,2-7,12H2,1H3,(H,20,21). The summed E-state index contributed by atoms with van der Waals surface area (Å²) in [4.78, 5) is 25.0. The van der Waals surface area contributed by atoms with Gasteiger partial charge in [-0.3, -0.25) is 4.79 Å². The molecule has 4 heteroatoms. The third-order valence-electron chi connectivity index (χ3n) is 4.32. The molecule has 1 amide bonds. The van der Waals surface area contributed by atoms with Crippen LogP contribution in [-0.2, 0) is 11.2 Å². The van der Waals surface area contributed by atoms with Crippen LogP contribution >= 0.6 is 0 Å². The molecule has 1 fully saturated rings. The normalized spacial score (nSPS) is 16.2. The van der Waals surface area contributed by atoms with E-state index in [1.165, 1.54) is 25.7 Å². The predicted octanol–water partition coefficient (Wildman–Crippen LogP) is 3.11. The second kappa shape index (κ2) is 7.25. The molecule has 0 aromatic heterocycles. The van der Waals surface area contributed by atoms with Crippen molar-refractivity contribution in [3.63, 3.8) is 0 Å². The first kappa shape index (κ1) is 15.5. The lowest BCUT2D eigenvalue weighted by Crippen LogP contribution is -2.37. The van der Waals surface area contributed by atoms with Crippen LogP contribution in [0.25, 0.3) is 0 Å². The largest absolute Gasteiger partial charge is 0.478 e. The van der Waals surface area contributed by atoms with Gasteiger partial charge >= 0.3 is 5.97 Å². The van der Waals surface area contributed by atoms with E-state index in [2.05, 4.69) is 0 Å². The van der Waals surface area contributed by atoms with Crippen LogP contribution in [-0.4, -0.2) is 35.0 Å². The number of carboxylic acid groups (broad SMARTS) is 1. The summed E-state index contributed by atoms with van der Waals surface area (Å²) in [5, 5.41) is 8.87. The molecule has 0 atom stereocenters. The Morgan fingerprint density at radius 1 is 1.10 bits per heavy atom. The van der Waals surface area contributed by atoms with Gasteiger partial charge in [-0.2, -0.15) is 0 Å². The highest BCUT2D eigenvalue weighted by Crippen LogP contribution is 2.21. The van der Waals surface area contributed by atoms with Crippen LogP contribution in [0.3, 0.4) is 0 Å². The molecule has 0 radical (unpaired) electrons. The van der Waals surface area contributed by atoms with Crippen molar-refractivity contribution in [2.75, 3.05) is 7.05 Å². The van der Waals surface area contributed by atoms with Gasteiger partial charge in [-0.1, -0.05) is 37.8 Å². The van der Waals surface area contributed by atoms with Gasteiger partial charge in [0.1, 0.15) is 0 Å². The third-order valence-corrected chi connectivity index (χ3v) is 4.32. The van der Waals surface area contributed by atoms with Crippen LogP contribution in [0, 0.1) is 0 Å². The van der Waals surface area contributed by atoms with Gasteiger partial charge in [0.2, 0.25) is 5.91 Å². The van der Waals surface area contributed by atoms with Crippen molar-refractivity contribution < 1.29 is 14.7 Å². The van der Waals surface area contributed by atoms with Gasteiger partial charge in [0, 0.05) is 13.1 Å². The lowest BCUT2D eigenvalue weighted by atomic mass is 10.1. The minimum absolute atomic E-state index is 0.116. The number of carboxylic acids is 1. The smallest absolute Gasteiger partial charge is 0.335 e. The van der Waals surface area contributed by atoms with Gasteiger partial charge in [0.05, 0.1) is 12.0 Å². The van der Waals surface area contributed by atoms with Crippen LogP contribution < -0.4 is 0 Å². The van der Waals surface area contributed by atoms with E-state index >= 15 is 0 Å².